The SMILES string of the molecule is COCC(C(=O)O)N1CCN(CC2CCCC2)CC1. The number of carboxylic acids is 1. The summed E-state index contributed by atoms with van der Waals surface area (Å²) in [5.41, 5.74) is 0. The monoisotopic (exact) mass is 270 g/mol. The van der Waals surface area contributed by atoms with Crippen LogP contribution in [-0.4, -0.2) is 73.4 Å². The molecule has 2 aliphatic rings. The van der Waals surface area contributed by atoms with Crippen molar-refractivity contribution < 1.29 is 14.6 Å². The molecule has 1 saturated heterocycles. The van der Waals surface area contributed by atoms with Crippen LogP contribution in [0.4, 0.5) is 0 Å². The summed E-state index contributed by atoms with van der Waals surface area (Å²) in [5.74, 6) is 0.104. The molecule has 1 heterocycles. The highest BCUT2D eigenvalue weighted by atomic mass is 16.5. The lowest BCUT2D eigenvalue weighted by atomic mass is 10.1. The van der Waals surface area contributed by atoms with E-state index in [0.717, 1.165) is 32.1 Å². The lowest BCUT2D eigenvalue weighted by Gasteiger charge is -2.38. The van der Waals surface area contributed by atoms with Gasteiger partial charge in [0.1, 0.15) is 6.04 Å². The number of carboxylic acid groups (broad SMARTS) is 1. The molecule has 2 fully saturated rings. The fourth-order valence-electron chi connectivity index (χ4n) is 3.31. The van der Waals surface area contributed by atoms with Gasteiger partial charge in [-0.05, 0) is 18.8 Å². The van der Waals surface area contributed by atoms with E-state index in [9.17, 15) is 9.90 Å². The van der Waals surface area contributed by atoms with Crippen molar-refractivity contribution in [3.05, 3.63) is 0 Å². The number of piperazine rings is 1. The minimum Gasteiger partial charge on any atom is -0.480 e. The molecule has 1 aliphatic carbocycles. The molecular formula is C14H26N2O3. The van der Waals surface area contributed by atoms with Crippen molar-refractivity contribution in [1.82, 2.24) is 9.80 Å². The van der Waals surface area contributed by atoms with Crippen molar-refractivity contribution in [3.63, 3.8) is 0 Å². The van der Waals surface area contributed by atoms with Crippen LogP contribution in [0.3, 0.4) is 0 Å². The Kier molecular flexibility index (Phi) is 5.60. The maximum atomic E-state index is 11.2. The second kappa shape index (κ2) is 7.22. The molecule has 0 bridgehead atoms. The van der Waals surface area contributed by atoms with Crippen molar-refractivity contribution in [2.45, 2.75) is 31.7 Å². The number of carbonyl (C=O) groups is 1. The lowest BCUT2D eigenvalue weighted by Crippen LogP contribution is -2.54. The molecule has 1 saturated carbocycles. The van der Waals surface area contributed by atoms with Crippen LogP contribution < -0.4 is 0 Å². The van der Waals surface area contributed by atoms with Crippen molar-refractivity contribution in [2.75, 3.05) is 46.4 Å². The molecule has 1 N–H and O–H groups in total. The molecule has 5 heteroatoms. The van der Waals surface area contributed by atoms with E-state index in [1.54, 1.807) is 7.11 Å². The fraction of sp³-hybridized carbons (Fsp3) is 0.929. The lowest BCUT2D eigenvalue weighted by molar-refractivity contribution is -0.146. The average molecular weight is 270 g/mol. The predicted octanol–water partition coefficient (Wildman–Crippen LogP) is 0.894. The van der Waals surface area contributed by atoms with Gasteiger partial charge in [0.05, 0.1) is 6.61 Å². The van der Waals surface area contributed by atoms with E-state index in [4.69, 9.17) is 4.74 Å². The standard InChI is InChI=1S/C14H26N2O3/c1-19-11-13(14(17)18)16-8-6-15(7-9-16)10-12-4-2-3-5-12/h12-13H,2-11H2,1H3,(H,17,18). The van der Waals surface area contributed by atoms with Crippen molar-refractivity contribution in [3.8, 4) is 0 Å². The minimum absolute atomic E-state index is 0.276. The summed E-state index contributed by atoms with van der Waals surface area (Å²) in [5, 5.41) is 9.22. The van der Waals surface area contributed by atoms with E-state index in [-0.39, 0.29) is 6.61 Å². The number of hydrogen-bond acceptors (Lipinski definition) is 4. The average Bonchev–Trinajstić information content (AvgIpc) is 2.90. The molecule has 110 valence electrons. The first-order valence-corrected chi connectivity index (χ1v) is 7.39. The Bertz CT molecular complexity index is 284. The highest BCUT2D eigenvalue weighted by molar-refractivity contribution is 5.73. The molecule has 0 aromatic rings. The second-order valence-electron chi connectivity index (χ2n) is 5.80. The third kappa shape index (κ3) is 4.16. The second-order valence-corrected chi connectivity index (χ2v) is 5.80. The smallest absolute Gasteiger partial charge is 0.323 e. The molecule has 1 atom stereocenters. The highest BCUT2D eigenvalue weighted by Gasteiger charge is 2.29. The maximum Gasteiger partial charge on any atom is 0.323 e. The first-order valence-electron chi connectivity index (χ1n) is 7.39. The van der Waals surface area contributed by atoms with Crippen LogP contribution in [0.15, 0.2) is 0 Å². The van der Waals surface area contributed by atoms with E-state index in [0.29, 0.717) is 0 Å². The van der Waals surface area contributed by atoms with Gasteiger partial charge in [-0.2, -0.15) is 0 Å². The van der Waals surface area contributed by atoms with Crippen molar-refractivity contribution in [2.24, 2.45) is 5.92 Å². The van der Waals surface area contributed by atoms with Crippen LogP contribution in [-0.2, 0) is 9.53 Å². The Balaban J connectivity index is 1.75. The summed E-state index contributed by atoms with van der Waals surface area (Å²) in [6, 6.07) is -0.487. The quantitative estimate of drug-likeness (QED) is 0.777. The zero-order valence-corrected chi connectivity index (χ0v) is 11.9. The molecule has 5 nitrogen and oxygen atoms in total. The minimum atomic E-state index is -0.772. The topological polar surface area (TPSA) is 53.0 Å². The summed E-state index contributed by atoms with van der Waals surface area (Å²) in [6.07, 6.45) is 5.53. The first-order chi connectivity index (χ1) is 9.20. The molecule has 1 unspecified atom stereocenters. The van der Waals surface area contributed by atoms with Crippen LogP contribution in [0.1, 0.15) is 25.7 Å². The molecular weight excluding hydrogens is 244 g/mol. The van der Waals surface area contributed by atoms with E-state index in [1.807, 2.05) is 4.90 Å². The number of methoxy groups -OCH3 is 1. The Hall–Kier alpha value is -0.650. The molecule has 1 aliphatic heterocycles. The number of aliphatic carboxylic acids is 1. The number of rotatable bonds is 6. The summed E-state index contributed by atoms with van der Waals surface area (Å²) in [7, 11) is 1.56. The van der Waals surface area contributed by atoms with Crippen LogP contribution in [0.5, 0.6) is 0 Å². The Morgan fingerprint density at radius 2 is 1.89 bits per heavy atom. The van der Waals surface area contributed by atoms with Crippen LogP contribution in [0.2, 0.25) is 0 Å². The highest BCUT2D eigenvalue weighted by Crippen LogP contribution is 2.25. The van der Waals surface area contributed by atoms with E-state index < -0.39 is 12.0 Å². The van der Waals surface area contributed by atoms with Gasteiger partial charge in [0.2, 0.25) is 0 Å². The third-order valence-electron chi connectivity index (χ3n) is 4.45. The summed E-state index contributed by atoms with van der Waals surface area (Å²) in [4.78, 5) is 15.8. The Morgan fingerprint density at radius 1 is 1.26 bits per heavy atom. The summed E-state index contributed by atoms with van der Waals surface area (Å²) in [6.45, 7) is 5.14. The van der Waals surface area contributed by atoms with Gasteiger partial charge in [0.15, 0.2) is 0 Å². The van der Waals surface area contributed by atoms with E-state index in [2.05, 4.69) is 4.90 Å². The molecule has 0 amide bonds. The maximum absolute atomic E-state index is 11.2. The number of nitrogens with zero attached hydrogens (tertiary/aromatic N) is 2. The van der Waals surface area contributed by atoms with Gasteiger partial charge >= 0.3 is 5.97 Å². The van der Waals surface area contributed by atoms with E-state index >= 15 is 0 Å². The van der Waals surface area contributed by atoms with Crippen LogP contribution in [0, 0.1) is 5.92 Å². The van der Waals surface area contributed by atoms with Crippen LogP contribution in [0.25, 0.3) is 0 Å². The molecule has 0 radical (unpaired) electrons. The van der Waals surface area contributed by atoms with Gasteiger partial charge in [-0.25, -0.2) is 0 Å². The first kappa shape index (κ1) is 14.8. The van der Waals surface area contributed by atoms with Gasteiger partial charge in [0.25, 0.3) is 0 Å². The summed E-state index contributed by atoms with van der Waals surface area (Å²) >= 11 is 0. The third-order valence-corrected chi connectivity index (χ3v) is 4.45. The van der Waals surface area contributed by atoms with Gasteiger partial charge in [0, 0.05) is 39.8 Å². The van der Waals surface area contributed by atoms with Crippen molar-refractivity contribution >= 4 is 5.97 Å². The molecule has 0 spiro atoms. The van der Waals surface area contributed by atoms with E-state index in [1.165, 1.54) is 32.2 Å². The predicted molar refractivity (Wildman–Crippen MR) is 73.3 cm³/mol. The van der Waals surface area contributed by atoms with Gasteiger partial charge in [-0.1, -0.05) is 12.8 Å². The number of hydrogen-bond donors (Lipinski definition) is 1. The Morgan fingerprint density at radius 3 is 2.42 bits per heavy atom. The number of ether oxygens (including phenoxy) is 1. The zero-order valence-electron chi connectivity index (χ0n) is 11.9. The van der Waals surface area contributed by atoms with Gasteiger partial charge in [-0.15, -0.1) is 0 Å². The largest absolute Gasteiger partial charge is 0.480 e. The zero-order chi connectivity index (χ0) is 13.7. The summed E-state index contributed by atoms with van der Waals surface area (Å²) < 4.78 is 5.02. The molecule has 2 rings (SSSR count). The van der Waals surface area contributed by atoms with Crippen molar-refractivity contribution in [1.29, 1.82) is 0 Å². The van der Waals surface area contributed by atoms with Crippen LogP contribution >= 0.6 is 0 Å². The molecule has 0 aromatic carbocycles. The van der Waals surface area contributed by atoms with Gasteiger partial charge in [-0.3, -0.25) is 9.69 Å². The molecule has 0 aromatic heterocycles. The fourth-order valence-corrected chi connectivity index (χ4v) is 3.31. The Labute approximate surface area is 115 Å². The van der Waals surface area contributed by atoms with Gasteiger partial charge < -0.3 is 14.7 Å². The normalized spacial score (nSPS) is 24.7. The molecule has 19 heavy (non-hydrogen) atoms.